The van der Waals surface area contributed by atoms with E-state index in [1.807, 2.05) is 6.92 Å². The van der Waals surface area contributed by atoms with Gasteiger partial charge in [-0.1, -0.05) is 30.8 Å². The number of aliphatic hydroxyl groups is 1. The minimum Gasteiger partial charge on any atom is -0.508 e. The Bertz CT molecular complexity index is 762. The molecule has 0 fully saturated rings. The minimum absolute atomic E-state index is 0.0960. The van der Waals surface area contributed by atoms with Crippen LogP contribution in [0.3, 0.4) is 0 Å². The fourth-order valence-corrected chi connectivity index (χ4v) is 3.13. The van der Waals surface area contributed by atoms with Gasteiger partial charge in [-0.05, 0) is 37.1 Å². The summed E-state index contributed by atoms with van der Waals surface area (Å²) in [5.41, 5.74) is 0.623. The molecule has 0 unspecified atom stereocenters. The van der Waals surface area contributed by atoms with E-state index in [2.05, 4.69) is 4.99 Å². The lowest BCUT2D eigenvalue weighted by molar-refractivity contribution is -0.138. The van der Waals surface area contributed by atoms with Gasteiger partial charge >= 0.3 is 5.97 Å². The lowest BCUT2D eigenvalue weighted by Crippen LogP contribution is -2.14. The summed E-state index contributed by atoms with van der Waals surface area (Å²) in [5, 5.41) is 19.9. The molecule has 1 heterocycles. The summed E-state index contributed by atoms with van der Waals surface area (Å²) in [6, 6.07) is 6.35. The zero-order chi connectivity index (χ0) is 18.4. The van der Waals surface area contributed by atoms with Crippen LogP contribution in [0.1, 0.15) is 32.3 Å². The van der Waals surface area contributed by atoms with E-state index in [1.165, 1.54) is 12.1 Å². The van der Waals surface area contributed by atoms with Crippen molar-refractivity contribution >= 4 is 34.8 Å². The van der Waals surface area contributed by atoms with Crippen molar-refractivity contribution in [2.75, 3.05) is 6.61 Å². The van der Waals surface area contributed by atoms with Gasteiger partial charge in [-0.2, -0.15) is 0 Å². The first-order valence-corrected chi connectivity index (χ1v) is 8.69. The van der Waals surface area contributed by atoms with Gasteiger partial charge in [0, 0.05) is 6.42 Å². The van der Waals surface area contributed by atoms with Crippen LogP contribution < -0.4 is 0 Å². The van der Waals surface area contributed by atoms with Crippen molar-refractivity contribution in [2.24, 2.45) is 4.99 Å². The van der Waals surface area contributed by atoms with Gasteiger partial charge in [0.1, 0.15) is 22.1 Å². The highest BCUT2D eigenvalue weighted by Crippen LogP contribution is 2.39. The van der Waals surface area contributed by atoms with Crippen LogP contribution in [0.15, 0.2) is 45.5 Å². The molecule has 0 bridgehead atoms. The van der Waals surface area contributed by atoms with Gasteiger partial charge in [-0.25, -0.2) is 9.79 Å². The van der Waals surface area contributed by atoms with Crippen LogP contribution in [0.4, 0.5) is 0 Å². The number of phenolic OH excluding ortho intramolecular Hbond substituents is 1. The van der Waals surface area contributed by atoms with Gasteiger partial charge in [0.15, 0.2) is 0 Å². The van der Waals surface area contributed by atoms with Crippen molar-refractivity contribution in [3.05, 3.63) is 46.1 Å². The normalized spacial score (nSPS) is 17.4. The molecular formula is C18H19NO5S. The maximum Gasteiger partial charge on any atom is 0.344 e. The molecule has 2 rings (SSSR count). The van der Waals surface area contributed by atoms with E-state index in [0.717, 1.165) is 17.3 Å². The van der Waals surface area contributed by atoms with E-state index in [0.29, 0.717) is 11.3 Å². The summed E-state index contributed by atoms with van der Waals surface area (Å²) in [5.74, 6) is -1.21. The van der Waals surface area contributed by atoms with Crippen molar-refractivity contribution in [1.82, 2.24) is 0 Å². The van der Waals surface area contributed by atoms with Crippen LogP contribution in [0.2, 0.25) is 0 Å². The van der Waals surface area contributed by atoms with Crippen molar-refractivity contribution in [3.8, 4) is 5.75 Å². The van der Waals surface area contributed by atoms with E-state index in [1.54, 1.807) is 25.1 Å². The van der Waals surface area contributed by atoms with Crippen LogP contribution in [-0.2, 0) is 14.3 Å². The van der Waals surface area contributed by atoms with E-state index in [4.69, 9.17) is 4.74 Å². The highest BCUT2D eigenvalue weighted by atomic mass is 32.2. The van der Waals surface area contributed by atoms with Crippen LogP contribution in [0, 0.1) is 0 Å². The number of hydrogen-bond donors (Lipinski definition) is 2. The smallest absolute Gasteiger partial charge is 0.344 e. The van der Waals surface area contributed by atoms with Crippen molar-refractivity contribution in [3.63, 3.8) is 0 Å². The minimum atomic E-state index is -0.718. The number of phenols is 1. The Kier molecular flexibility index (Phi) is 6.41. The monoisotopic (exact) mass is 361 g/mol. The highest BCUT2D eigenvalue weighted by molar-refractivity contribution is 8.18. The molecule has 132 valence electrons. The Hall–Kier alpha value is -2.54. The number of aliphatic imine (C=N–C) groups is 1. The molecule has 1 amide bonds. The zero-order valence-corrected chi connectivity index (χ0v) is 14.8. The Balaban J connectivity index is 2.42. The first kappa shape index (κ1) is 18.8. The zero-order valence-electron chi connectivity index (χ0n) is 14.0. The molecule has 0 spiro atoms. The van der Waals surface area contributed by atoms with Crippen LogP contribution >= 0.6 is 11.8 Å². The summed E-state index contributed by atoms with van der Waals surface area (Å²) in [7, 11) is 0. The van der Waals surface area contributed by atoms with Gasteiger partial charge < -0.3 is 14.9 Å². The number of carbonyl (C=O) groups is 2. The third kappa shape index (κ3) is 4.73. The van der Waals surface area contributed by atoms with Gasteiger partial charge in [-0.15, -0.1) is 0 Å². The number of amides is 1. The molecule has 0 radical (unpaired) electrons. The van der Waals surface area contributed by atoms with Crippen LogP contribution in [0.5, 0.6) is 5.75 Å². The predicted molar refractivity (Wildman–Crippen MR) is 97.3 cm³/mol. The molecule has 0 aromatic heterocycles. The number of ether oxygens (including phenoxy) is 1. The summed E-state index contributed by atoms with van der Waals surface area (Å²) in [4.78, 5) is 28.3. The van der Waals surface area contributed by atoms with Crippen LogP contribution in [0.25, 0.3) is 6.08 Å². The average Bonchev–Trinajstić information content (AvgIpc) is 2.85. The summed E-state index contributed by atoms with van der Waals surface area (Å²) >= 11 is 1.04. The molecule has 25 heavy (non-hydrogen) atoms. The molecule has 1 aromatic carbocycles. The molecule has 0 atom stereocenters. The summed E-state index contributed by atoms with van der Waals surface area (Å²) in [6.07, 6.45) is 2.55. The first-order chi connectivity index (χ1) is 12.0. The molecular weight excluding hydrogens is 342 g/mol. The number of aliphatic hydroxyl groups excluding tert-OH is 1. The molecule has 7 heteroatoms. The highest BCUT2D eigenvalue weighted by Gasteiger charge is 2.33. The second kappa shape index (κ2) is 8.53. The Morgan fingerprint density at radius 3 is 2.48 bits per heavy atom. The number of aromatic hydroxyl groups is 1. The van der Waals surface area contributed by atoms with Gasteiger partial charge in [-0.3, -0.25) is 4.79 Å². The van der Waals surface area contributed by atoms with Gasteiger partial charge in [0.05, 0.1) is 11.5 Å². The Morgan fingerprint density at radius 1 is 1.20 bits per heavy atom. The lowest BCUT2D eigenvalue weighted by atomic mass is 10.1. The first-order valence-electron chi connectivity index (χ1n) is 7.87. The maximum atomic E-state index is 12.1. The molecule has 0 aliphatic carbocycles. The standard InChI is InChI=1S/C18H19NO5S/c1-3-5-14(21)19-17-15(18(23)24-4-2)16(22)13(25-17)10-11-6-8-12(20)9-7-11/h6-10,20,22H,3-5H2,1-2H3/b13-10-,19-17?. The molecule has 1 aromatic rings. The van der Waals surface area contributed by atoms with E-state index in [9.17, 15) is 19.8 Å². The quantitative estimate of drug-likeness (QED) is 0.778. The van der Waals surface area contributed by atoms with Crippen molar-refractivity contribution in [1.29, 1.82) is 0 Å². The molecule has 2 N–H and O–H groups in total. The number of nitrogens with zero attached hydrogens (tertiary/aromatic N) is 1. The SMILES string of the molecule is CCCC(=O)N=C1S/C(=C\c2ccc(O)cc2)C(O)=C1C(=O)OCC. The second-order valence-corrected chi connectivity index (χ2v) is 6.24. The number of thioether (sulfide) groups is 1. The van der Waals surface area contributed by atoms with Crippen molar-refractivity contribution < 1.29 is 24.5 Å². The lowest BCUT2D eigenvalue weighted by Gasteiger charge is -2.03. The largest absolute Gasteiger partial charge is 0.508 e. The van der Waals surface area contributed by atoms with E-state index >= 15 is 0 Å². The van der Waals surface area contributed by atoms with Crippen LogP contribution in [-0.4, -0.2) is 33.7 Å². The van der Waals surface area contributed by atoms with Gasteiger partial charge in [0.2, 0.25) is 5.91 Å². The fraction of sp³-hybridized carbons (Fsp3) is 0.278. The maximum absolute atomic E-state index is 12.1. The number of benzene rings is 1. The molecule has 0 saturated carbocycles. The third-order valence-electron chi connectivity index (χ3n) is 3.25. The predicted octanol–water partition coefficient (Wildman–Crippen LogP) is 3.58. The molecule has 0 saturated heterocycles. The van der Waals surface area contributed by atoms with E-state index < -0.39 is 5.97 Å². The third-order valence-corrected chi connectivity index (χ3v) is 4.27. The fourth-order valence-electron chi connectivity index (χ4n) is 2.10. The average molecular weight is 361 g/mol. The number of hydrogen-bond acceptors (Lipinski definition) is 6. The molecule has 6 nitrogen and oxygen atoms in total. The summed E-state index contributed by atoms with van der Waals surface area (Å²) in [6.45, 7) is 3.66. The number of carbonyl (C=O) groups excluding carboxylic acids is 2. The molecule has 1 aliphatic heterocycles. The molecule has 1 aliphatic rings. The number of esters is 1. The van der Waals surface area contributed by atoms with E-state index in [-0.39, 0.29) is 41.1 Å². The Morgan fingerprint density at radius 2 is 1.88 bits per heavy atom. The topological polar surface area (TPSA) is 96.2 Å². The van der Waals surface area contributed by atoms with Gasteiger partial charge in [0.25, 0.3) is 0 Å². The number of rotatable bonds is 5. The van der Waals surface area contributed by atoms with Crippen molar-refractivity contribution in [2.45, 2.75) is 26.7 Å². The summed E-state index contributed by atoms with van der Waals surface area (Å²) < 4.78 is 4.96. The second-order valence-electron chi connectivity index (χ2n) is 5.21. The Labute approximate surface area is 149 Å².